The molecule has 5 heteroatoms. The zero-order chi connectivity index (χ0) is 17.0. The highest BCUT2D eigenvalue weighted by atomic mass is 16.6. The normalized spacial score (nSPS) is 32.7. The van der Waals surface area contributed by atoms with Crippen molar-refractivity contribution in [3.05, 3.63) is 41.7 Å². The van der Waals surface area contributed by atoms with Gasteiger partial charge in [0, 0.05) is 11.5 Å². The molecule has 0 saturated heterocycles. The fourth-order valence-corrected chi connectivity index (χ4v) is 5.83. The van der Waals surface area contributed by atoms with E-state index in [4.69, 9.17) is 4.74 Å². The smallest absolute Gasteiger partial charge is 0.412 e. The number of rotatable bonds is 2. The van der Waals surface area contributed by atoms with Gasteiger partial charge < -0.3 is 9.94 Å². The van der Waals surface area contributed by atoms with Crippen molar-refractivity contribution >= 4 is 22.7 Å². The third-order valence-corrected chi connectivity index (χ3v) is 6.31. The maximum Gasteiger partial charge on any atom is 0.412 e. The molecule has 6 rings (SSSR count). The van der Waals surface area contributed by atoms with Crippen molar-refractivity contribution in [3.8, 4) is 0 Å². The predicted molar refractivity (Wildman–Crippen MR) is 93.9 cm³/mol. The van der Waals surface area contributed by atoms with Crippen molar-refractivity contribution in [1.29, 1.82) is 0 Å². The van der Waals surface area contributed by atoms with Crippen LogP contribution in [0.4, 0.5) is 10.5 Å². The maximum absolute atomic E-state index is 12.6. The van der Waals surface area contributed by atoms with Gasteiger partial charge in [-0.25, -0.2) is 4.79 Å². The summed E-state index contributed by atoms with van der Waals surface area (Å²) in [5.74, 6) is 2.17. The zero-order valence-corrected chi connectivity index (χ0v) is 14.1. The standard InChI is InChI=1S/C20H22N2O3/c23-19(21-17-5-1-3-16-4-2-6-22(24)18(16)17)25-20-10-13-7-14(11-20)9-15(8-13)12-20/h1-6,13-15H,7-12H2,(H,21,23). The lowest BCUT2D eigenvalue weighted by atomic mass is 9.54. The third-order valence-electron chi connectivity index (χ3n) is 6.31. The van der Waals surface area contributed by atoms with Gasteiger partial charge in [-0.2, -0.15) is 4.73 Å². The Morgan fingerprint density at radius 2 is 1.72 bits per heavy atom. The van der Waals surface area contributed by atoms with E-state index in [0.29, 0.717) is 11.2 Å². The molecule has 5 nitrogen and oxygen atoms in total. The molecule has 4 aliphatic carbocycles. The minimum Gasteiger partial charge on any atom is -0.618 e. The number of nitrogens with zero attached hydrogens (tertiary/aromatic N) is 1. The number of anilines is 1. The molecule has 0 radical (unpaired) electrons. The van der Waals surface area contributed by atoms with Crippen LogP contribution in [0.2, 0.25) is 0 Å². The number of carbonyl (C=O) groups excluding carboxylic acids is 1. The van der Waals surface area contributed by atoms with Crippen LogP contribution < -0.4 is 10.0 Å². The minimum absolute atomic E-state index is 0.281. The van der Waals surface area contributed by atoms with Crippen LogP contribution in [-0.2, 0) is 4.74 Å². The second-order valence-electron chi connectivity index (χ2n) is 8.19. The molecule has 4 fully saturated rings. The fraction of sp³-hybridized carbons (Fsp3) is 0.500. The van der Waals surface area contributed by atoms with E-state index >= 15 is 0 Å². The van der Waals surface area contributed by atoms with Crippen molar-refractivity contribution in [2.75, 3.05) is 5.32 Å². The molecule has 1 aromatic carbocycles. The summed E-state index contributed by atoms with van der Waals surface area (Å²) in [5.41, 5.74) is 0.687. The van der Waals surface area contributed by atoms with Gasteiger partial charge >= 0.3 is 6.09 Å². The van der Waals surface area contributed by atoms with Crippen molar-refractivity contribution in [2.24, 2.45) is 17.8 Å². The zero-order valence-electron chi connectivity index (χ0n) is 14.1. The summed E-state index contributed by atoms with van der Waals surface area (Å²) in [7, 11) is 0. The summed E-state index contributed by atoms with van der Waals surface area (Å²) < 4.78 is 6.77. The van der Waals surface area contributed by atoms with Crippen molar-refractivity contribution in [3.63, 3.8) is 0 Å². The van der Waals surface area contributed by atoms with E-state index < -0.39 is 6.09 Å². The van der Waals surface area contributed by atoms with Gasteiger partial charge in [0.25, 0.3) is 0 Å². The summed E-state index contributed by atoms with van der Waals surface area (Å²) in [5, 5.41) is 15.7. The van der Waals surface area contributed by atoms with Crippen LogP contribution in [0.5, 0.6) is 0 Å². The number of para-hydroxylation sites is 1. The molecule has 130 valence electrons. The average Bonchev–Trinajstić information content (AvgIpc) is 2.53. The number of hydrogen-bond donors (Lipinski definition) is 1. The Bertz CT molecular complexity index is 807. The number of ether oxygens (including phenoxy) is 1. The Hall–Kier alpha value is -2.30. The fourth-order valence-electron chi connectivity index (χ4n) is 5.83. The van der Waals surface area contributed by atoms with Gasteiger partial charge in [-0.1, -0.05) is 6.07 Å². The van der Waals surface area contributed by atoms with Crippen LogP contribution in [0, 0.1) is 23.0 Å². The highest BCUT2D eigenvalue weighted by molar-refractivity contribution is 5.96. The van der Waals surface area contributed by atoms with Gasteiger partial charge in [-0.05, 0) is 74.5 Å². The van der Waals surface area contributed by atoms with E-state index in [9.17, 15) is 10.0 Å². The molecule has 1 aromatic heterocycles. The molecule has 0 aliphatic heterocycles. The Labute approximate surface area is 146 Å². The first-order valence-corrected chi connectivity index (χ1v) is 9.21. The molecule has 1 N–H and O–H groups in total. The number of benzene rings is 1. The van der Waals surface area contributed by atoms with E-state index in [2.05, 4.69) is 5.32 Å². The summed E-state index contributed by atoms with van der Waals surface area (Å²) in [6.07, 6.45) is 7.95. The summed E-state index contributed by atoms with van der Waals surface area (Å²) in [4.78, 5) is 12.6. The topological polar surface area (TPSA) is 65.3 Å². The van der Waals surface area contributed by atoms with Crippen molar-refractivity contribution in [2.45, 2.75) is 44.1 Å². The van der Waals surface area contributed by atoms with Gasteiger partial charge in [0.2, 0.25) is 5.52 Å². The Balaban J connectivity index is 1.38. The van der Waals surface area contributed by atoms with Crippen LogP contribution in [0.25, 0.3) is 10.9 Å². The second kappa shape index (κ2) is 5.35. The number of nitrogens with one attached hydrogen (secondary N) is 1. The van der Waals surface area contributed by atoms with Crippen LogP contribution >= 0.6 is 0 Å². The first kappa shape index (κ1) is 15.0. The predicted octanol–water partition coefficient (Wildman–Crippen LogP) is 3.99. The molecule has 0 unspecified atom stereocenters. The Morgan fingerprint density at radius 1 is 1.08 bits per heavy atom. The largest absolute Gasteiger partial charge is 0.618 e. The lowest BCUT2D eigenvalue weighted by Gasteiger charge is -2.55. The van der Waals surface area contributed by atoms with Gasteiger partial charge in [0.05, 0.1) is 0 Å². The minimum atomic E-state index is -0.432. The molecule has 1 amide bonds. The molecule has 0 atom stereocenters. The number of hydrogen-bond acceptors (Lipinski definition) is 3. The monoisotopic (exact) mass is 338 g/mol. The number of carbonyl (C=O) groups is 1. The van der Waals surface area contributed by atoms with Crippen LogP contribution in [-0.4, -0.2) is 11.7 Å². The molecule has 1 heterocycles. The first-order valence-electron chi connectivity index (χ1n) is 9.21. The van der Waals surface area contributed by atoms with Gasteiger partial charge in [-0.15, -0.1) is 0 Å². The van der Waals surface area contributed by atoms with E-state index in [0.717, 1.165) is 47.1 Å². The molecule has 4 bridgehead atoms. The number of aromatic nitrogens is 1. The maximum atomic E-state index is 12.6. The van der Waals surface area contributed by atoms with Crippen LogP contribution in [0.1, 0.15) is 38.5 Å². The quantitative estimate of drug-likeness (QED) is 0.665. The summed E-state index contributed by atoms with van der Waals surface area (Å²) in [6, 6.07) is 9.01. The van der Waals surface area contributed by atoms with E-state index in [1.807, 2.05) is 18.2 Å². The van der Waals surface area contributed by atoms with E-state index in [-0.39, 0.29) is 5.60 Å². The molecule has 25 heavy (non-hydrogen) atoms. The molecular weight excluding hydrogens is 316 g/mol. The van der Waals surface area contributed by atoms with Crippen molar-refractivity contribution < 1.29 is 14.3 Å². The Morgan fingerprint density at radius 3 is 2.40 bits per heavy atom. The second-order valence-corrected chi connectivity index (χ2v) is 8.19. The van der Waals surface area contributed by atoms with Gasteiger partial charge in [-0.3, -0.25) is 5.32 Å². The number of fused-ring (bicyclic) bond motifs is 1. The summed E-state index contributed by atoms with van der Waals surface area (Å²) in [6.45, 7) is 0. The number of amides is 1. The highest BCUT2D eigenvalue weighted by Gasteiger charge is 2.53. The van der Waals surface area contributed by atoms with Gasteiger partial charge in [0.1, 0.15) is 11.3 Å². The van der Waals surface area contributed by atoms with E-state index in [1.54, 1.807) is 12.1 Å². The molecule has 4 aliphatic rings. The lowest BCUT2D eigenvalue weighted by Crippen LogP contribution is -2.53. The van der Waals surface area contributed by atoms with Gasteiger partial charge in [0.15, 0.2) is 6.20 Å². The molecule has 0 spiro atoms. The van der Waals surface area contributed by atoms with Crippen molar-refractivity contribution in [1.82, 2.24) is 0 Å². The van der Waals surface area contributed by atoms with Crippen LogP contribution in [0.15, 0.2) is 36.5 Å². The highest BCUT2D eigenvalue weighted by Crippen LogP contribution is 2.57. The van der Waals surface area contributed by atoms with E-state index in [1.165, 1.54) is 25.5 Å². The molecule has 2 aromatic rings. The third kappa shape index (κ3) is 2.53. The molecule has 4 saturated carbocycles. The Kier molecular flexibility index (Phi) is 3.21. The SMILES string of the molecule is O=C(Nc1cccc2ccc[n+]([O-])c12)OC12CC3CC(CC(C3)C1)C2. The van der Waals surface area contributed by atoms with Crippen LogP contribution in [0.3, 0.4) is 0 Å². The number of pyridine rings is 1. The summed E-state index contributed by atoms with van der Waals surface area (Å²) >= 11 is 0. The first-order chi connectivity index (χ1) is 12.1. The lowest BCUT2D eigenvalue weighted by molar-refractivity contribution is -0.576. The molecular formula is C20H22N2O3. The average molecular weight is 338 g/mol.